The van der Waals surface area contributed by atoms with E-state index in [2.05, 4.69) is 22.7 Å². The molecule has 0 aromatic carbocycles. The van der Waals surface area contributed by atoms with Crippen molar-refractivity contribution in [3.63, 3.8) is 0 Å². The zero-order valence-electron chi connectivity index (χ0n) is 6.84. The van der Waals surface area contributed by atoms with E-state index in [9.17, 15) is 10.1 Å². The monoisotopic (exact) mass is 214 g/mol. The number of nitro groups is 1. The Bertz CT molecular complexity index is 386. The zero-order valence-corrected chi connectivity index (χ0v) is 7.65. The van der Waals surface area contributed by atoms with Crippen molar-refractivity contribution in [2.75, 3.05) is 0 Å². The van der Waals surface area contributed by atoms with Gasteiger partial charge in [0.2, 0.25) is 0 Å². The second kappa shape index (κ2) is 4.33. The molecule has 0 atom stereocenters. The molecule has 74 valence electrons. The van der Waals surface area contributed by atoms with Crippen molar-refractivity contribution in [1.82, 2.24) is 5.43 Å². The van der Waals surface area contributed by atoms with Gasteiger partial charge in [-0.05, 0) is 18.3 Å². The molecule has 0 saturated heterocycles. The SMILES string of the molecule is NC(=S)NN=Cc1ccc([N+](=O)[O-])o1. The molecule has 0 aliphatic rings. The fraction of sp³-hybridized carbons (Fsp3) is 0. The molecule has 0 bridgehead atoms. The maximum Gasteiger partial charge on any atom is 0.433 e. The first-order valence-electron chi connectivity index (χ1n) is 3.42. The Morgan fingerprint density at radius 3 is 3.00 bits per heavy atom. The van der Waals surface area contributed by atoms with Gasteiger partial charge in [-0.2, -0.15) is 5.10 Å². The quantitative estimate of drug-likeness (QED) is 0.325. The molecule has 0 amide bonds. The molecule has 3 N–H and O–H groups in total. The highest BCUT2D eigenvalue weighted by Gasteiger charge is 2.09. The molecule has 1 rings (SSSR count). The first kappa shape index (κ1) is 10.1. The van der Waals surface area contributed by atoms with E-state index < -0.39 is 4.92 Å². The Morgan fingerprint density at radius 1 is 1.79 bits per heavy atom. The van der Waals surface area contributed by atoms with Crippen LogP contribution in [0.3, 0.4) is 0 Å². The van der Waals surface area contributed by atoms with E-state index in [0.717, 1.165) is 0 Å². The van der Waals surface area contributed by atoms with E-state index in [1.165, 1.54) is 18.3 Å². The third kappa shape index (κ3) is 2.83. The molecule has 0 saturated carbocycles. The molecule has 0 unspecified atom stereocenters. The zero-order chi connectivity index (χ0) is 10.6. The molecule has 0 radical (unpaired) electrons. The van der Waals surface area contributed by atoms with Gasteiger partial charge in [0.25, 0.3) is 0 Å². The number of hydrogen-bond donors (Lipinski definition) is 2. The van der Waals surface area contributed by atoms with Crippen LogP contribution in [0.15, 0.2) is 21.7 Å². The van der Waals surface area contributed by atoms with Gasteiger partial charge in [-0.25, -0.2) is 0 Å². The van der Waals surface area contributed by atoms with Gasteiger partial charge in [0.1, 0.15) is 4.92 Å². The van der Waals surface area contributed by atoms with Crippen LogP contribution in [0.25, 0.3) is 0 Å². The maximum atomic E-state index is 10.2. The molecule has 8 heteroatoms. The second-order valence-electron chi connectivity index (χ2n) is 2.17. The van der Waals surface area contributed by atoms with Gasteiger partial charge in [-0.15, -0.1) is 0 Å². The Kier molecular flexibility index (Phi) is 3.13. The van der Waals surface area contributed by atoms with E-state index in [1.54, 1.807) is 0 Å². The van der Waals surface area contributed by atoms with Crippen molar-refractivity contribution in [3.8, 4) is 0 Å². The van der Waals surface area contributed by atoms with Crippen molar-refractivity contribution in [2.24, 2.45) is 10.8 Å². The van der Waals surface area contributed by atoms with Crippen LogP contribution >= 0.6 is 12.2 Å². The lowest BCUT2D eigenvalue weighted by molar-refractivity contribution is -0.402. The van der Waals surface area contributed by atoms with E-state index >= 15 is 0 Å². The first-order valence-corrected chi connectivity index (χ1v) is 3.83. The molecule has 0 aliphatic carbocycles. The number of nitrogens with zero attached hydrogens (tertiary/aromatic N) is 2. The van der Waals surface area contributed by atoms with Crippen molar-refractivity contribution in [2.45, 2.75) is 0 Å². The van der Waals surface area contributed by atoms with Crippen molar-refractivity contribution in [1.29, 1.82) is 0 Å². The number of rotatable bonds is 3. The summed E-state index contributed by atoms with van der Waals surface area (Å²) >= 11 is 4.47. The molecule has 1 heterocycles. The van der Waals surface area contributed by atoms with Crippen LogP contribution in [0, 0.1) is 10.1 Å². The minimum Gasteiger partial charge on any atom is -0.400 e. The summed E-state index contributed by atoms with van der Waals surface area (Å²) in [6.45, 7) is 0. The van der Waals surface area contributed by atoms with Crippen LogP contribution in [0.1, 0.15) is 5.76 Å². The number of furan rings is 1. The van der Waals surface area contributed by atoms with Gasteiger partial charge in [0.15, 0.2) is 10.9 Å². The average molecular weight is 214 g/mol. The van der Waals surface area contributed by atoms with Gasteiger partial charge in [0, 0.05) is 0 Å². The van der Waals surface area contributed by atoms with Gasteiger partial charge in [0.05, 0.1) is 12.3 Å². The first-order chi connectivity index (χ1) is 6.59. The van der Waals surface area contributed by atoms with Gasteiger partial charge in [-0.3, -0.25) is 15.5 Å². The van der Waals surface area contributed by atoms with Gasteiger partial charge >= 0.3 is 5.88 Å². The summed E-state index contributed by atoms with van der Waals surface area (Å²) in [5, 5.41) is 13.8. The topological polar surface area (TPSA) is 107 Å². The van der Waals surface area contributed by atoms with E-state index in [0.29, 0.717) is 0 Å². The Balaban J connectivity index is 2.64. The van der Waals surface area contributed by atoms with Crippen molar-refractivity contribution >= 4 is 29.4 Å². The number of nitrogens with two attached hydrogens (primary N) is 1. The van der Waals surface area contributed by atoms with Crippen molar-refractivity contribution in [3.05, 3.63) is 28.0 Å². The third-order valence-corrected chi connectivity index (χ3v) is 1.25. The summed E-state index contributed by atoms with van der Waals surface area (Å²) in [5.74, 6) is -0.109. The second-order valence-corrected chi connectivity index (χ2v) is 2.61. The number of nitrogens with one attached hydrogen (secondary N) is 1. The number of hydrazone groups is 1. The van der Waals surface area contributed by atoms with Crippen molar-refractivity contribution < 1.29 is 9.34 Å². The lowest BCUT2D eigenvalue weighted by Crippen LogP contribution is -2.23. The van der Waals surface area contributed by atoms with Crippen LogP contribution in [-0.2, 0) is 0 Å². The highest BCUT2D eigenvalue weighted by atomic mass is 32.1. The lowest BCUT2D eigenvalue weighted by atomic mass is 10.5. The standard InChI is InChI=1S/C6H6N4O3S/c7-6(14)9-8-3-4-1-2-5(13-4)10(11)12/h1-3H,(H3,7,9,14). The fourth-order valence-corrected chi connectivity index (χ4v) is 0.722. The lowest BCUT2D eigenvalue weighted by Gasteiger charge is -1.90. The van der Waals surface area contributed by atoms with Crippen LogP contribution in [0.4, 0.5) is 5.88 Å². The Hall–Kier alpha value is -1.96. The summed E-state index contributed by atoms with van der Waals surface area (Å²) in [4.78, 5) is 9.57. The molecule has 0 aliphatic heterocycles. The molecule has 1 aromatic rings. The van der Waals surface area contributed by atoms with Crippen LogP contribution in [0.2, 0.25) is 0 Å². The molecule has 0 spiro atoms. The number of hydrogen-bond acceptors (Lipinski definition) is 5. The summed E-state index contributed by atoms with van der Waals surface area (Å²) in [6.07, 6.45) is 1.23. The minimum absolute atomic E-state index is 0.00214. The normalized spacial score (nSPS) is 10.3. The predicted octanol–water partition coefficient (Wildman–Crippen LogP) is 0.355. The smallest absolute Gasteiger partial charge is 0.400 e. The maximum absolute atomic E-state index is 10.2. The Morgan fingerprint density at radius 2 is 2.50 bits per heavy atom. The number of thiocarbonyl (C=S) groups is 1. The molecule has 14 heavy (non-hydrogen) atoms. The summed E-state index contributed by atoms with van der Waals surface area (Å²) in [6, 6.07) is 2.63. The van der Waals surface area contributed by atoms with Gasteiger partial charge < -0.3 is 10.2 Å². The van der Waals surface area contributed by atoms with Gasteiger partial charge in [-0.1, -0.05) is 0 Å². The van der Waals surface area contributed by atoms with E-state index in [1.807, 2.05) is 0 Å². The van der Waals surface area contributed by atoms with E-state index in [-0.39, 0.29) is 16.8 Å². The summed E-state index contributed by atoms with van der Waals surface area (Å²) in [7, 11) is 0. The average Bonchev–Trinajstić information content (AvgIpc) is 2.52. The third-order valence-electron chi connectivity index (χ3n) is 1.16. The molecule has 0 fully saturated rings. The Labute approximate surface area is 83.7 Å². The predicted molar refractivity (Wildman–Crippen MR) is 52.9 cm³/mol. The summed E-state index contributed by atoms with van der Waals surface area (Å²) < 4.78 is 4.75. The molecular formula is C6H6N4O3S. The van der Waals surface area contributed by atoms with Crippen LogP contribution < -0.4 is 11.2 Å². The summed E-state index contributed by atoms with van der Waals surface area (Å²) in [5.41, 5.74) is 7.36. The highest BCUT2D eigenvalue weighted by molar-refractivity contribution is 7.80. The van der Waals surface area contributed by atoms with Crippen LogP contribution in [-0.4, -0.2) is 16.3 Å². The molecule has 7 nitrogen and oxygen atoms in total. The minimum atomic E-state index is -0.641. The highest BCUT2D eigenvalue weighted by Crippen LogP contribution is 2.13. The molecule has 1 aromatic heterocycles. The van der Waals surface area contributed by atoms with E-state index in [4.69, 9.17) is 10.2 Å². The fourth-order valence-electron chi connectivity index (χ4n) is 0.669. The largest absolute Gasteiger partial charge is 0.433 e. The molecular weight excluding hydrogens is 208 g/mol. The van der Waals surface area contributed by atoms with Crippen LogP contribution in [0.5, 0.6) is 0 Å².